The van der Waals surface area contributed by atoms with E-state index in [2.05, 4.69) is 22.4 Å². The molecule has 0 saturated heterocycles. The van der Waals surface area contributed by atoms with Gasteiger partial charge in [0.1, 0.15) is 11.6 Å². The number of carbonyl (C=O) groups is 2. The number of aliphatic imine (C=N–C) groups is 1. The maximum Gasteiger partial charge on any atom is 0.336 e. The largest absolute Gasteiger partial charge is 0.463 e. The number of nitrogens with zero attached hydrogens (tertiary/aromatic N) is 3. The van der Waals surface area contributed by atoms with Gasteiger partial charge in [-0.3, -0.25) is 10.0 Å². The molecule has 0 fully saturated rings. The van der Waals surface area contributed by atoms with Crippen LogP contribution < -0.4 is 9.79 Å². The topological polar surface area (TPSA) is 126 Å². The molecule has 0 bridgehead atoms. The molecule has 11 heteroatoms. The van der Waals surface area contributed by atoms with Crippen LogP contribution in [0, 0.1) is 13.8 Å². The van der Waals surface area contributed by atoms with Gasteiger partial charge in [0.15, 0.2) is 0 Å². The number of carbonyl (C=O) groups excluding carboxylic acids is 2. The van der Waals surface area contributed by atoms with Gasteiger partial charge in [0.2, 0.25) is 12.2 Å². The molecule has 0 aliphatic heterocycles. The van der Waals surface area contributed by atoms with Crippen molar-refractivity contribution in [2.45, 2.75) is 92.6 Å². The molecule has 2 N–H and O–H groups in total. The number of anilines is 1. The van der Waals surface area contributed by atoms with E-state index in [-0.39, 0.29) is 13.0 Å². The van der Waals surface area contributed by atoms with E-state index in [0.717, 1.165) is 62.0 Å². The molecule has 1 aromatic heterocycles. The van der Waals surface area contributed by atoms with E-state index in [9.17, 15) is 14.8 Å². The number of hydrogen-bond acceptors (Lipinski definition) is 10. The van der Waals surface area contributed by atoms with Gasteiger partial charge in [0.05, 0.1) is 24.5 Å². The van der Waals surface area contributed by atoms with E-state index in [0.29, 0.717) is 54.7 Å². The lowest BCUT2D eigenvalue weighted by molar-refractivity contribution is -0.138. The molecule has 0 radical (unpaired) electrons. The normalized spacial score (nSPS) is 11.7. The standard InChI is InChI=1S/C33H42N4O6S.C2H6/c1-7-10-15-31(34-21-38)35-23(5)29(33(39)42-9-3)19-25-16-17-27(26(18-25)20-41-8-2)28-13-11-12-14-30(28)44-37(40)32-22(4)24(6)43-36-32;1-2/h11-14,16-18,21,40H,7-10,15,19-20H2,1-6H3,(H,34,35,38);1-2H3/b29-23+;. The average Bonchev–Trinajstić information content (AvgIpc) is 3.40. The maximum absolute atomic E-state index is 13.1. The number of benzene rings is 2. The molecule has 0 atom stereocenters. The van der Waals surface area contributed by atoms with Gasteiger partial charge in [-0.15, -0.1) is 0 Å². The average molecular weight is 653 g/mol. The number of rotatable bonds is 16. The van der Waals surface area contributed by atoms with Crippen molar-refractivity contribution < 1.29 is 28.8 Å². The van der Waals surface area contributed by atoms with E-state index < -0.39 is 5.97 Å². The Balaban J connectivity index is 0.00000361. The van der Waals surface area contributed by atoms with E-state index in [1.165, 1.54) is 0 Å². The van der Waals surface area contributed by atoms with E-state index >= 15 is 0 Å². The van der Waals surface area contributed by atoms with Crippen molar-refractivity contribution in [2.75, 3.05) is 17.7 Å². The van der Waals surface area contributed by atoms with Crippen molar-refractivity contribution in [1.29, 1.82) is 0 Å². The summed E-state index contributed by atoms with van der Waals surface area (Å²) in [5, 5.41) is 17.5. The highest BCUT2D eigenvalue weighted by molar-refractivity contribution is 8.00. The number of amides is 1. The van der Waals surface area contributed by atoms with Crippen molar-refractivity contribution in [3.05, 3.63) is 76.2 Å². The Labute approximate surface area is 277 Å². The maximum atomic E-state index is 13.1. The fourth-order valence-corrected chi connectivity index (χ4v) is 5.31. The first-order valence-corrected chi connectivity index (χ1v) is 16.5. The zero-order valence-electron chi connectivity index (χ0n) is 28.3. The zero-order chi connectivity index (χ0) is 34.1. The van der Waals surface area contributed by atoms with Crippen LogP contribution in [-0.4, -0.2) is 41.8 Å². The van der Waals surface area contributed by atoms with Gasteiger partial charge in [0.25, 0.3) is 0 Å². The second-order valence-corrected chi connectivity index (χ2v) is 11.0. The number of allylic oxidation sites excluding steroid dienone is 1. The quantitative estimate of drug-likeness (QED) is 0.0300. The van der Waals surface area contributed by atoms with Crippen molar-refractivity contribution in [3.8, 4) is 11.1 Å². The number of amidine groups is 1. The highest BCUT2D eigenvalue weighted by Gasteiger charge is 2.20. The first-order valence-electron chi connectivity index (χ1n) is 15.8. The van der Waals surface area contributed by atoms with Crippen LogP contribution in [0.1, 0.15) is 83.3 Å². The number of nitrogens with one attached hydrogen (secondary N) is 1. The van der Waals surface area contributed by atoms with Crippen LogP contribution in [0.3, 0.4) is 0 Å². The van der Waals surface area contributed by atoms with Crippen molar-refractivity contribution >= 4 is 36.0 Å². The molecular weight excluding hydrogens is 604 g/mol. The van der Waals surface area contributed by atoms with Gasteiger partial charge in [-0.1, -0.05) is 68.7 Å². The summed E-state index contributed by atoms with van der Waals surface area (Å²) in [5.74, 6) is 1.03. The molecular formula is C35H48N4O6S. The Morgan fingerprint density at radius 1 is 1.11 bits per heavy atom. The van der Waals surface area contributed by atoms with Crippen molar-refractivity contribution in [1.82, 2.24) is 10.5 Å². The zero-order valence-corrected chi connectivity index (χ0v) is 29.1. The first kappa shape index (κ1) is 38.3. The molecule has 0 unspecified atom stereocenters. The fraction of sp³-hybridized carbons (Fsp3) is 0.429. The first-order chi connectivity index (χ1) is 22.2. The number of esters is 1. The third-order valence-corrected chi connectivity index (χ3v) is 7.84. The summed E-state index contributed by atoms with van der Waals surface area (Å²) in [6, 6.07) is 13.7. The smallest absolute Gasteiger partial charge is 0.336 e. The molecule has 10 nitrogen and oxygen atoms in total. The lowest BCUT2D eigenvalue weighted by atomic mass is 9.95. The highest BCUT2D eigenvalue weighted by Crippen LogP contribution is 2.38. The molecule has 2 aromatic carbocycles. The van der Waals surface area contributed by atoms with E-state index in [1.807, 2.05) is 70.2 Å². The number of aryl methyl sites for hydroxylation is 1. The van der Waals surface area contributed by atoms with Crippen LogP contribution in [0.25, 0.3) is 11.1 Å². The molecule has 0 spiro atoms. The lowest BCUT2D eigenvalue weighted by Gasteiger charge is -2.18. The number of unbranched alkanes of at least 4 members (excludes halogenated alkanes) is 1. The Morgan fingerprint density at radius 2 is 1.85 bits per heavy atom. The Morgan fingerprint density at radius 3 is 2.48 bits per heavy atom. The fourth-order valence-electron chi connectivity index (χ4n) is 4.45. The number of hydrogen-bond donors (Lipinski definition) is 2. The van der Waals surface area contributed by atoms with Crippen molar-refractivity contribution in [2.24, 2.45) is 4.99 Å². The Bertz CT molecular complexity index is 1480. The lowest BCUT2D eigenvalue weighted by Crippen LogP contribution is -2.22. The van der Waals surface area contributed by atoms with Crippen LogP contribution in [0.4, 0.5) is 5.82 Å². The summed E-state index contributed by atoms with van der Waals surface area (Å²) in [6.07, 6.45) is 3.27. The highest BCUT2D eigenvalue weighted by atomic mass is 32.2. The van der Waals surface area contributed by atoms with E-state index in [4.69, 9.17) is 14.0 Å². The van der Waals surface area contributed by atoms with E-state index in [1.54, 1.807) is 20.8 Å². The van der Waals surface area contributed by atoms with Gasteiger partial charge >= 0.3 is 5.97 Å². The Kier molecular flexibility index (Phi) is 16.8. The van der Waals surface area contributed by atoms with Crippen LogP contribution in [0.15, 0.2) is 68.1 Å². The summed E-state index contributed by atoms with van der Waals surface area (Å²) in [5.41, 5.74) is 5.28. The summed E-state index contributed by atoms with van der Waals surface area (Å²) in [6.45, 7) is 16.3. The summed E-state index contributed by atoms with van der Waals surface area (Å²) in [4.78, 5) is 29.6. The molecule has 1 amide bonds. The van der Waals surface area contributed by atoms with Gasteiger partial charge in [0, 0.05) is 41.9 Å². The third-order valence-electron chi connectivity index (χ3n) is 6.94. The van der Waals surface area contributed by atoms with Gasteiger partial charge < -0.3 is 19.3 Å². The second kappa shape index (κ2) is 20.2. The molecule has 1 heterocycles. The monoisotopic (exact) mass is 652 g/mol. The third kappa shape index (κ3) is 10.9. The summed E-state index contributed by atoms with van der Waals surface area (Å²) >= 11 is 1.13. The predicted molar refractivity (Wildman–Crippen MR) is 184 cm³/mol. The minimum absolute atomic E-state index is 0.229. The number of ether oxygens (including phenoxy) is 2. The molecule has 46 heavy (non-hydrogen) atoms. The molecule has 0 saturated carbocycles. The second-order valence-electron chi connectivity index (χ2n) is 10.1. The summed E-state index contributed by atoms with van der Waals surface area (Å²) < 4.78 is 17.5. The van der Waals surface area contributed by atoms with Gasteiger partial charge in [-0.25, -0.2) is 9.79 Å². The predicted octanol–water partition coefficient (Wildman–Crippen LogP) is 8.14. The Hall–Kier alpha value is -3.93. The van der Waals surface area contributed by atoms with Crippen molar-refractivity contribution in [3.63, 3.8) is 0 Å². The molecule has 0 aliphatic rings. The van der Waals surface area contributed by atoms with Crippen LogP contribution >= 0.6 is 11.9 Å². The van der Waals surface area contributed by atoms with Crippen LogP contribution in [0.2, 0.25) is 0 Å². The van der Waals surface area contributed by atoms with Gasteiger partial charge in [-0.05, 0) is 69.4 Å². The minimum Gasteiger partial charge on any atom is -0.463 e. The minimum atomic E-state index is -0.451. The molecule has 250 valence electrons. The molecule has 3 rings (SSSR count). The number of aromatic nitrogens is 1. The molecule has 3 aromatic rings. The molecule has 0 aliphatic carbocycles. The SMILES string of the molecule is CC.CCCCC(=N/C(C)=C(\Cc1ccc(-c2ccccc2SN(O)c2noc(C)c2C)c(COCC)c1)C(=O)OCC)NC=O. The van der Waals surface area contributed by atoms with Crippen LogP contribution in [0.5, 0.6) is 0 Å². The van der Waals surface area contributed by atoms with Crippen LogP contribution in [-0.2, 0) is 32.1 Å². The summed E-state index contributed by atoms with van der Waals surface area (Å²) in [7, 11) is 0. The van der Waals surface area contributed by atoms with Gasteiger partial charge in [-0.2, -0.15) is 4.47 Å².